The molecule has 0 amide bonds. The maximum Gasteiger partial charge on any atom is 0.1000 e. The van der Waals surface area contributed by atoms with Gasteiger partial charge in [-0.05, 0) is 19.3 Å². The third-order valence-corrected chi connectivity index (χ3v) is 4.21. The van der Waals surface area contributed by atoms with Crippen LogP contribution in [0.3, 0.4) is 0 Å². The summed E-state index contributed by atoms with van der Waals surface area (Å²) < 4.78 is 0. The molecule has 0 aromatic carbocycles. The Bertz CT molecular complexity index is 293. The fourth-order valence-electron chi connectivity index (χ4n) is 1.57. The van der Waals surface area contributed by atoms with E-state index in [0.29, 0.717) is 6.54 Å². The quantitative estimate of drug-likeness (QED) is 0.784. The number of nitrogens with zero attached hydrogens (tertiary/aromatic N) is 1. The molecule has 0 atom stereocenters. The number of thiazole rings is 1. The average molecular weight is 196 g/mol. The van der Waals surface area contributed by atoms with Gasteiger partial charge in [0, 0.05) is 16.8 Å². The Morgan fingerprint density at radius 2 is 2.23 bits per heavy atom. The van der Waals surface area contributed by atoms with Gasteiger partial charge in [-0.15, -0.1) is 11.3 Å². The summed E-state index contributed by atoms with van der Waals surface area (Å²) in [5.41, 5.74) is 7.12. The van der Waals surface area contributed by atoms with E-state index in [1.807, 2.05) is 11.3 Å². The van der Waals surface area contributed by atoms with Gasteiger partial charge >= 0.3 is 0 Å². The van der Waals surface area contributed by atoms with E-state index < -0.39 is 0 Å². The van der Waals surface area contributed by atoms with Gasteiger partial charge in [-0.3, -0.25) is 0 Å². The molecule has 0 bridgehead atoms. The lowest BCUT2D eigenvalue weighted by Crippen LogP contribution is -2.27. The molecule has 2 rings (SSSR count). The van der Waals surface area contributed by atoms with Gasteiger partial charge in [0.1, 0.15) is 0 Å². The van der Waals surface area contributed by atoms with Crippen LogP contribution in [0.15, 0.2) is 0 Å². The zero-order valence-electron chi connectivity index (χ0n) is 8.26. The molecule has 0 radical (unpaired) electrons. The molecular formula is C10H16N2S. The second kappa shape index (κ2) is 3.07. The molecule has 3 heteroatoms. The summed E-state index contributed by atoms with van der Waals surface area (Å²) in [5.74, 6) is 0. The van der Waals surface area contributed by atoms with E-state index in [2.05, 4.69) is 18.8 Å². The van der Waals surface area contributed by atoms with E-state index in [9.17, 15) is 0 Å². The van der Waals surface area contributed by atoms with Crippen molar-refractivity contribution in [2.45, 2.75) is 38.5 Å². The predicted molar refractivity (Wildman–Crippen MR) is 56.2 cm³/mol. The molecule has 0 aliphatic heterocycles. The van der Waals surface area contributed by atoms with Crippen molar-refractivity contribution in [3.63, 3.8) is 0 Å². The van der Waals surface area contributed by atoms with Crippen molar-refractivity contribution in [1.29, 1.82) is 0 Å². The van der Waals surface area contributed by atoms with Gasteiger partial charge < -0.3 is 5.73 Å². The fraction of sp³-hybridized carbons (Fsp3) is 0.700. The molecule has 1 aromatic heterocycles. The smallest absolute Gasteiger partial charge is 0.1000 e. The minimum Gasteiger partial charge on any atom is -0.330 e. The molecule has 72 valence electrons. The van der Waals surface area contributed by atoms with E-state index in [0.717, 1.165) is 0 Å². The first kappa shape index (κ1) is 9.16. The lowest BCUT2D eigenvalue weighted by molar-refractivity contribution is 0.533. The second-order valence-electron chi connectivity index (χ2n) is 4.33. The summed E-state index contributed by atoms with van der Waals surface area (Å²) in [7, 11) is 0. The number of hydrogen-bond acceptors (Lipinski definition) is 3. The molecule has 2 nitrogen and oxygen atoms in total. The first-order chi connectivity index (χ1) is 6.13. The Balaban J connectivity index is 2.33. The van der Waals surface area contributed by atoms with Crippen molar-refractivity contribution in [3.05, 3.63) is 15.6 Å². The SMILES string of the molecule is CC(C)(CN)c1nc2c(s1)CCC2. The Hall–Kier alpha value is -0.410. The lowest BCUT2D eigenvalue weighted by atomic mass is 9.95. The molecule has 0 fully saturated rings. The van der Waals surface area contributed by atoms with Gasteiger partial charge in [0.2, 0.25) is 0 Å². The normalized spacial score (nSPS) is 16.2. The van der Waals surface area contributed by atoms with Crippen LogP contribution < -0.4 is 5.73 Å². The number of hydrogen-bond donors (Lipinski definition) is 1. The van der Waals surface area contributed by atoms with Crippen LogP contribution in [0, 0.1) is 0 Å². The lowest BCUT2D eigenvalue weighted by Gasteiger charge is -2.18. The molecule has 0 unspecified atom stereocenters. The molecule has 1 aromatic rings. The minimum absolute atomic E-state index is 0.0645. The van der Waals surface area contributed by atoms with E-state index >= 15 is 0 Å². The molecule has 1 aliphatic rings. The molecule has 13 heavy (non-hydrogen) atoms. The molecule has 0 saturated carbocycles. The van der Waals surface area contributed by atoms with E-state index in [1.54, 1.807) is 0 Å². The van der Waals surface area contributed by atoms with Crippen LogP contribution in [0.4, 0.5) is 0 Å². The Kier molecular flexibility index (Phi) is 2.16. The first-order valence-corrected chi connectivity index (χ1v) is 5.64. The fourth-order valence-corrected chi connectivity index (χ4v) is 2.83. The monoisotopic (exact) mass is 196 g/mol. The van der Waals surface area contributed by atoms with Crippen molar-refractivity contribution >= 4 is 11.3 Å². The molecular weight excluding hydrogens is 180 g/mol. The van der Waals surface area contributed by atoms with Crippen molar-refractivity contribution < 1.29 is 0 Å². The van der Waals surface area contributed by atoms with Crippen LogP contribution in [-0.4, -0.2) is 11.5 Å². The van der Waals surface area contributed by atoms with Crippen LogP contribution in [0.25, 0.3) is 0 Å². The van der Waals surface area contributed by atoms with Crippen molar-refractivity contribution in [2.24, 2.45) is 5.73 Å². The topological polar surface area (TPSA) is 38.9 Å². The number of aryl methyl sites for hydroxylation is 2. The molecule has 0 spiro atoms. The van der Waals surface area contributed by atoms with Crippen molar-refractivity contribution in [1.82, 2.24) is 4.98 Å². The third kappa shape index (κ3) is 1.51. The van der Waals surface area contributed by atoms with E-state index in [4.69, 9.17) is 5.73 Å². The van der Waals surface area contributed by atoms with Gasteiger partial charge in [0.15, 0.2) is 0 Å². The second-order valence-corrected chi connectivity index (χ2v) is 5.41. The predicted octanol–water partition coefficient (Wildman–Crippen LogP) is 1.87. The summed E-state index contributed by atoms with van der Waals surface area (Å²) >= 11 is 1.86. The van der Waals surface area contributed by atoms with Gasteiger partial charge in [0.05, 0.1) is 10.7 Å². The Labute approximate surface area is 83.2 Å². The zero-order chi connectivity index (χ0) is 9.47. The maximum absolute atomic E-state index is 5.72. The molecule has 1 heterocycles. The summed E-state index contributed by atoms with van der Waals surface area (Å²) in [6.45, 7) is 5.02. The van der Waals surface area contributed by atoms with Crippen LogP contribution >= 0.6 is 11.3 Å². The summed E-state index contributed by atoms with van der Waals surface area (Å²) in [4.78, 5) is 6.17. The summed E-state index contributed by atoms with van der Waals surface area (Å²) in [6.07, 6.45) is 3.69. The molecule has 2 N–H and O–H groups in total. The molecule has 1 aliphatic carbocycles. The maximum atomic E-state index is 5.72. The van der Waals surface area contributed by atoms with Gasteiger partial charge in [-0.25, -0.2) is 4.98 Å². The van der Waals surface area contributed by atoms with E-state index in [1.165, 1.54) is 34.8 Å². The first-order valence-electron chi connectivity index (χ1n) is 4.82. The van der Waals surface area contributed by atoms with E-state index in [-0.39, 0.29) is 5.41 Å². The van der Waals surface area contributed by atoms with Crippen LogP contribution in [0.1, 0.15) is 35.8 Å². The Morgan fingerprint density at radius 1 is 1.46 bits per heavy atom. The van der Waals surface area contributed by atoms with Gasteiger partial charge in [0.25, 0.3) is 0 Å². The standard InChI is InChI=1S/C10H16N2S/c1-10(2,6-11)9-12-7-4-3-5-8(7)13-9/h3-6,11H2,1-2H3. The average Bonchev–Trinajstić information content (AvgIpc) is 2.61. The Morgan fingerprint density at radius 3 is 2.85 bits per heavy atom. The highest BCUT2D eigenvalue weighted by Gasteiger charge is 2.26. The van der Waals surface area contributed by atoms with Crippen LogP contribution in [0.2, 0.25) is 0 Å². The zero-order valence-corrected chi connectivity index (χ0v) is 9.08. The number of rotatable bonds is 2. The highest BCUT2D eigenvalue weighted by atomic mass is 32.1. The van der Waals surface area contributed by atoms with Gasteiger partial charge in [-0.2, -0.15) is 0 Å². The molecule has 0 saturated heterocycles. The van der Waals surface area contributed by atoms with Crippen molar-refractivity contribution in [3.8, 4) is 0 Å². The van der Waals surface area contributed by atoms with Gasteiger partial charge in [-0.1, -0.05) is 13.8 Å². The number of nitrogens with two attached hydrogens (primary N) is 1. The summed E-state index contributed by atoms with van der Waals surface area (Å²) in [5, 5.41) is 1.22. The largest absolute Gasteiger partial charge is 0.330 e. The number of fused-ring (bicyclic) bond motifs is 1. The van der Waals surface area contributed by atoms with Crippen molar-refractivity contribution in [2.75, 3.05) is 6.54 Å². The summed E-state index contributed by atoms with van der Waals surface area (Å²) in [6, 6.07) is 0. The highest BCUT2D eigenvalue weighted by molar-refractivity contribution is 7.12. The minimum atomic E-state index is 0.0645. The highest BCUT2D eigenvalue weighted by Crippen LogP contribution is 2.33. The number of aromatic nitrogens is 1. The third-order valence-electron chi connectivity index (χ3n) is 2.68. The van der Waals surface area contributed by atoms with Crippen LogP contribution in [-0.2, 0) is 18.3 Å². The van der Waals surface area contributed by atoms with Crippen LogP contribution in [0.5, 0.6) is 0 Å².